The molecule has 0 unspecified atom stereocenters. The van der Waals surface area contributed by atoms with Crippen molar-refractivity contribution in [3.05, 3.63) is 89.0 Å². The molecule has 0 radical (unpaired) electrons. The Hall–Kier alpha value is -3.45. The van der Waals surface area contributed by atoms with Gasteiger partial charge in [0.05, 0.1) is 40.3 Å². The van der Waals surface area contributed by atoms with E-state index in [1.807, 2.05) is 31.2 Å². The first-order chi connectivity index (χ1) is 14.3. The molecule has 0 saturated heterocycles. The molecule has 1 heterocycles. The number of methoxy groups -OCH3 is 1. The van der Waals surface area contributed by atoms with Crippen LogP contribution in [0.15, 0.2) is 76.5 Å². The summed E-state index contributed by atoms with van der Waals surface area (Å²) in [6, 6.07) is 17.9. The summed E-state index contributed by atoms with van der Waals surface area (Å²) in [5, 5.41) is 0. The Bertz CT molecular complexity index is 1260. The Labute approximate surface area is 174 Å². The minimum atomic E-state index is -3.97. The summed E-state index contributed by atoms with van der Waals surface area (Å²) >= 11 is 0. The number of esters is 1. The molecule has 6 nitrogen and oxygen atoms in total. The van der Waals surface area contributed by atoms with E-state index in [0.29, 0.717) is 0 Å². The Morgan fingerprint density at radius 3 is 2.37 bits per heavy atom. The molecule has 0 spiro atoms. The summed E-state index contributed by atoms with van der Waals surface area (Å²) < 4.78 is 31.5. The number of nitrogens with zero attached hydrogens (tertiary/aromatic N) is 1. The number of ether oxygens (including phenoxy) is 1. The van der Waals surface area contributed by atoms with Gasteiger partial charge in [-0.3, -0.25) is 4.79 Å². The lowest BCUT2D eigenvalue weighted by molar-refractivity contribution is 0.0600. The zero-order valence-electron chi connectivity index (χ0n) is 16.5. The molecule has 0 bridgehead atoms. The third-order valence-electron chi connectivity index (χ3n) is 5.07. The van der Waals surface area contributed by atoms with Gasteiger partial charge in [-0.25, -0.2) is 13.2 Å². The van der Waals surface area contributed by atoms with Gasteiger partial charge in [-0.2, -0.15) is 0 Å². The van der Waals surface area contributed by atoms with Crippen LogP contribution in [0.4, 0.5) is 5.69 Å². The number of carbonyl (C=O) groups excluding carboxylic acids is 2. The SMILES string of the molecule is COC(=O)c1ccc2c(c1)N(Cc1ccc(C)cc1)C(=O)c1ccccc1S2(=O)=O. The lowest BCUT2D eigenvalue weighted by atomic mass is 10.1. The van der Waals surface area contributed by atoms with Crippen molar-refractivity contribution in [2.75, 3.05) is 12.0 Å². The van der Waals surface area contributed by atoms with Gasteiger partial charge in [-0.15, -0.1) is 0 Å². The smallest absolute Gasteiger partial charge is 0.337 e. The number of sulfone groups is 1. The molecular formula is C23H19NO5S. The van der Waals surface area contributed by atoms with Gasteiger partial charge in [0.1, 0.15) is 0 Å². The fourth-order valence-electron chi connectivity index (χ4n) is 3.48. The van der Waals surface area contributed by atoms with Crippen molar-refractivity contribution < 1.29 is 22.7 Å². The highest BCUT2D eigenvalue weighted by molar-refractivity contribution is 7.91. The topological polar surface area (TPSA) is 80.8 Å². The summed E-state index contributed by atoms with van der Waals surface area (Å²) in [6.45, 7) is 2.11. The van der Waals surface area contributed by atoms with Gasteiger partial charge >= 0.3 is 5.97 Å². The van der Waals surface area contributed by atoms with Gasteiger partial charge in [0.15, 0.2) is 0 Å². The average Bonchev–Trinajstić information content (AvgIpc) is 2.83. The summed E-state index contributed by atoms with van der Waals surface area (Å²) in [6.07, 6.45) is 0. The number of rotatable bonds is 3. The zero-order valence-corrected chi connectivity index (χ0v) is 17.3. The van der Waals surface area contributed by atoms with E-state index in [9.17, 15) is 18.0 Å². The third-order valence-corrected chi connectivity index (χ3v) is 6.93. The first-order valence-corrected chi connectivity index (χ1v) is 10.7. The molecule has 0 saturated carbocycles. The number of hydrogen-bond acceptors (Lipinski definition) is 5. The molecular weight excluding hydrogens is 402 g/mol. The molecule has 0 aliphatic carbocycles. The summed E-state index contributed by atoms with van der Waals surface area (Å²) in [7, 11) is -2.72. The predicted octanol–water partition coefficient (Wildman–Crippen LogP) is 3.77. The van der Waals surface area contributed by atoms with Gasteiger partial charge in [0, 0.05) is 0 Å². The molecule has 1 aliphatic heterocycles. The van der Waals surface area contributed by atoms with E-state index in [-0.39, 0.29) is 33.2 Å². The number of hydrogen-bond donors (Lipinski definition) is 0. The van der Waals surface area contributed by atoms with Crippen LogP contribution < -0.4 is 4.90 Å². The van der Waals surface area contributed by atoms with E-state index >= 15 is 0 Å². The molecule has 1 amide bonds. The number of amides is 1. The van der Waals surface area contributed by atoms with E-state index in [1.54, 1.807) is 12.1 Å². The van der Waals surface area contributed by atoms with Crippen LogP contribution in [0.1, 0.15) is 31.8 Å². The molecule has 0 aromatic heterocycles. The van der Waals surface area contributed by atoms with E-state index < -0.39 is 21.7 Å². The minimum Gasteiger partial charge on any atom is -0.465 e. The molecule has 0 N–H and O–H groups in total. The van der Waals surface area contributed by atoms with Crippen LogP contribution in [0, 0.1) is 6.92 Å². The summed E-state index contributed by atoms with van der Waals surface area (Å²) in [4.78, 5) is 26.9. The van der Waals surface area contributed by atoms with Crippen LogP contribution >= 0.6 is 0 Å². The van der Waals surface area contributed by atoms with Crippen molar-refractivity contribution in [2.24, 2.45) is 0 Å². The van der Waals surface area contributed by atoms with Crippen LogP contribution in [0.2, 0.25) is 0 Å². The minimum absolute atomic E-state index is 0.0273. The number of anilines is 1. The molecule has 7 heteroatoms. The molecule has 0 atom stereocenters. The number of fused-ring (bicyclic) bond motifs is 2. The monoisotopic (exact) mass is 421 g/mol. The molecule has 30 heavy (non-hydrogen) atoms. The van der Waals surface area contributed by atoms with Crippen LogP contribution in [-0.2, 0) is 21.1 Å². The van der Waals surface area contributed by atoms with Crippen LogP contribution in [-0.4, -0.2) is 27.4 Å². The highest BCUT2D eigenvalue weighted by Gasteiger charge is 2.36. The standard InChI is InChI=1S/C23H19NO5S/c1-15-7-9-16(10-8-15)14-24-19-13-17(23(26)29-2)11-12-21(19)30(27,28)20-6-4-3-5-18(20)22(24)25/h3-13H,14H2,1-2H3. The average molecular weight is 421 g/mol. The molecule has 0 fully saturated rings. The van der Waals surface area contributed by atoms with Gasteiger partial charge in [-0.05, 0) is 42.8 Å². The van der Waals surface area contributed by atoms with Crippen LogP contribution in [0.5, 0.6) is 0 Å². The first-order valence-electron chi connectivity index (χ1n) is 9.27. The van der Waals surface area contributed by atoms with Gasteiger partial charge < -0.3 is 9.64 Å². The van der Waals surface area contributed by atoms with E-state index in [0.717, 1.165) is 11.1 Å². The third kappa shape index (κ3) is 3.27. The normalized spacial score (nSPS) is 14.5. The second-order valence-corrected chi connectivity index (χ2v) is 8.94. The Morgan fingerprint density at radius 1 is 0.967 bits per heavy atom. The van der Waals surface area contributed by atoms with E-state index in [2.05, 4.69) is 0 Å². The molecule has 3 aromatic rings. The van der Waals surface area contributed by atoms with Crippen molar-refractivity contribution in [3.8, 4) is 0 Å². The first kappa shape index (κ1) is 19.8. The van der Waals surface area contributed by atoms with Crippen molar-refractivity contribution in [3.63, 3.8) is 0 Å². The largest absolute Gasteiger partial charge is 0.465 e. The lowest BCUT2D eigenvalue weighted by Gasteiger charge is -2.23. The van der Waals surface area contributed by atoms with Crippen molar-refractivity contribution >= 4 is 27.4 Å². The maximum absolute atomic E-state index is 13.5. The van der Waals surface area contributed by atoms with Crippen molar-refractivity contribution in [1.82, 2.24) is 0 Å². The number of carbonyl (C=O) groups is 2. The van der Waals surface area contributed by atoms with Crippen LogP contribution in [0.3, 0.4) is 0 Å². The second kappa shape index (κ2) is 7.42. The quantitative estimate of drug-likeness (QED) is 0.602. The number of benzene rings is 3. The predicted molar refractivity (Wildman–Crippen MR) is 111 cm³/mol. The van der Waals surface area contributed by atoms with Crippen LogP contribution in [0.25, 0.3) is 0 Å². The lowest BCUT2D eigenvalue weighted by Crippen LogP contribution is -2.30. The summed E-state index contributed by atoms with van der Waals surface area (Å²) in [5.41, 5.74) is 2.32. The zero-order chi connectivity index (χ0) is 21.5. The molecule has 152 valence electrons. The van der Waals surface area contributed by atoms with Crippen molar-refractivity contribution in [1.29, 1.82) is 0 Å². The van der Waals surface area contributed by atoms with E-state index in [4.69, 9.17) is 4.74 Å². The van der Waals surface area contributed by atoms with Gasteiger partial charge in [0.25, 0.3) is 5.91 Å². The maximum atomic E-state index is 13.5. The Kier molecular flexibility index (Phi) is 4.91. The molecule has 3 aromatic carbocycles. The van der Waals surface area contributed by atoms with E-state index in [1.165, 1.54) is 42.3 Å². The molecule has 1 aliphatic rings. The molecule has 4 rings (SSSR count). The fourth-order valence-corrected chi connectivity index (χ4v) is 5.12. The van der Waals surface area contributed by atoms with Gasteiger partial charge in [0.2, 0.25) is 9.84 Å². The Balaban J connectivity index is 1.97. The van der Waals surface area contributed by atoms with Gasteiger partial charge in [-0.1, -0.05) is 42.0 Å². The number of aryl methyl sites for hydroxylation is 1. The Morgan fingerprint density at radius 2 is 1.67 bits per heavy atom. The summed E-state index contributed by atoms with van der Waals surface area (Å²) in [5.74, 6) is -1.06. The highest BCUT2D eigenvalue weighted by atomic mass is 32.2. The fraction of sp³-hybridized carbons (Fsp3) is 0.130. The maximum Gasteiger partial charge on any atom is 0.337 e. The highest BCUT2D eigenvalue weighted by Crippen LogP contribution is 2.38. The van der Waals surface area contributed by atoms with Crippen molar-refractivity contribution in [2.45, 2.75) is 23.3 Å². The second-order valence-electron chi connectivity index (χ2n) is 7.05.